The fraction of sp³-hybridized carbons (Fsp3) is 0.222. The van der Waals surface area contributed by atoms with Crippen LogP contribution in [-0.2, 0) is 0 Å². The van der Waals surface area contributed by atoms with Gasteiger partial charge in [0.25, 0.3) is 5.91 Å². The van der Waals surface area contributed by atoms with Crippen LogP contribution in [0.5, 0.6) is 5.75 Å². The Bertz CT molecular complexity index is 805. The molecule has 2 N–H and O–H groups in total. The first kappa shape index (κ1) is 19.1. The van der Waals surface area contributed by atoms with Gasteiger partial charge in [0.2, 0.25) is 0 Å². The standard InChI is InChI=1S/C18H17BrClN3O2/c1-25-14-4-5-16(19)15(10-14)18(24)23-8-2-7-22-17-6-3-13(20)9-12(17)11-21/h3-6,9-10,22H,2,7-8H2,1H3,(H,23,24). The summed E-state index contributed by atoms with van der Waals surface area (Å²) < 4.78 is 5.85. The molecule has 0 saturated heterocycles. The molecule has 0 aliphatic heterocycles. The van der Waals surface area contributed by atoms with Gasteiger partial charge in [-0.25, -0.2) is 0 Å². The number of amides is 1. The van der Waals surface area contributed by atoms with Gasteiger partial charge in [-0.1, -0.05) is 11.6 Å². The van der Waals surface area contributed by atoms with Gasteiger partial charge >= 0.3 is 0 Å². The Labute approximate surface area is 160 Å². The van der Waals surface area contributed by atoms with E-state index in [0.29, 0.717) is 45.9 Å². The van der Waals surface area contributed by atoms with Crippen LogP contribution in [0.1, 0.15) is 22.3 Å². The molecule has 7 heteroatoms. The molecule has 0 bridgehead atoms. The highest BCUT2D eigenvalue weighted by Crippen LogP contribution is 2.22. The van der Waals surface area contributed by atoms with Crippen molar-refractivity contribution in [2.75, 3.05) is 25.5 Å². The van der Waals surface area contributed by atoms with Crippen molar-refractivity contribution < 1.29 is 9.53 Å². The average Bonchev–Trinajstić information content (AvgIpc) is 2.62. The van der Waals surface area contributed by atoms with Crippen LogP contribution >= 0.6 is 27.5 Å². The number of ether oxygens (including phenoxy) is 1. The second-order valence-electron chi connectivity index (χ2n) is 5.18. The van der Waals surface area contributed by atoms with Crippen molar-refractivity contribution in [2.45, 2.75) is 6.42 Å². The Balaban J connectivity index is 1.82. The molecule has 0 radical (unpaired) electrons. The molecule has 0 fully saturated rings. The monoisotopic (exact) mass is 421 g/mol. The zero-order valence-corrected chi connectivity index (χ0v) is 15.9. The van der Waals surface area contributed by atoms with Gasteiger partial charge in [-0.2, -0.15) is 5.26 Å². The molecule has 0 saturated carbocycles. The third kappa shape index (κ3) is 5.38. The van der Waals surface area contributed by atoms with Crippen molar-refractivity contribution in [1.82, 2.24) is 5.32 Å². The molecular formula is C18H17BrClN3O2. The smallest absolute Gasteiger partial charge is 0.252 e. The highest BCUT2D eigenvalue weighted by molar-refractivity contribution is 9.10. The van der Waals surface area contributed by atoms with Gasteiger partial charge in [-0.3, -0.25) is 4.79 Å². The minimum absolute atomic E-state index is 0.171. The van der Waals surface area contributed by atoms with E-state index >= 15 is 0 Å². The summed E-state index contributed by atoms with van der Waals surface area (Å²) in [7, 11) is 1.56. The second-order valence-corrected chi connectivity index (χ2v) is 6.47. The fourth-order valence-electron chi connectivity index (χ4n) is 2.18. The molecule has 0 aromatic heterocycles. The molecule has 2 aromatic carbocycles. The molecular weight excluding hydrogens is 406 g/mol. The lowest BCUT2D eigenvalue weighted by molar-refractivity contribution is 0.0952. The largest absolute Gasteiger partial charge is 0.497 e. The SMILES string of the molecule is COc1ccc(Br)c(C(=O)NCCCNc2ccc(Cl)cc2C#N)c1. The number of benzene rings is 2. The van der Waals surface area contributed by atoms with Crippen molar-refractivity contribution in [3.63, 3.8) is 0 Å². The van der Waals surface area contributed by atoms with E-state index in [9.17, 15) is 4.79 Å². The van der Waals surface area contributed by atoms with Crippen LogP contribution in [0.3, 0.4) is 0 Å². The van der Waals surface area contributed by atoms with Crippen molar-refractivity contribution in [1.29, 1.82) is 5.26 Å². The number of hydrogen-bond donors (Lipinski definition) is 2. The predicted molar refractivity (Wildman–Crippen MR) is 102 cm³/mol. The minimum Gasteiger partial charge on any atom is -0.497 e. The molecule has 0 unspecified atom stereocenters. The number of carbonyl (C=O) groups is 1. The molecule has 0 aliphatic rings. The number of nitrogens with one attached hydrogen (secondary N) is 2. The first-order chi connectivity index (χ1) is 12.0. The van der Waals surface area contributed by atoms with Gasteiger partial charge in [0.1, 0.15) is 11.8 Å². The van der Waals surface area contributed by atoms with E-state index in [1.165, 1.54) is 0 Å². The molecule has 130 valence electrons. The van der Waals surface area contributed by atoms with E-state index in [1.54, 1.807) is 43.5 Å². The average molecular weight is 423 g/mol. The number of anilines is 1. The van der Waals surface area contributed by atoms with Crippen LogP contribution in [0.25, 0.3) is 0 Å². The summed E-state index contributed by atoms with van der Waals surface area (Å²) in [5.74, 6) is 0.455. The highest BCUT2D eigenvalue weighted by Gasteiger charge is 2.10. The maximum atomic E-state index is 12.2. The number of rotatable bonds is 7. The lowest BCUT2D eigenvalue weighted by Crippen LogP contribution is -2.26. The number of methoxy groups -OCH3 is 1. The Hall–Kier alpha value is -2.23. The van der Waals surface area contributed by atoms with Crippen molar-refractivity contribution in [3.05, 3.63) is 57.0 Å². The van der Waals surface area contributed by atoms with E-state index in [2.05, 4.69) is 32.6 Å². The van der Waals surface area contributed by atoms with Crippen LogP contribution in [0.2, 0.25) is 5.02 Å². The summed E-state index contributed by atoms with van der Waals surface area (Å²) in [6.45, 7) is 1.13. The molecule has 0 spiro atoms. The summed E-state index contributed by atoms with van der Waals surface area (Å²) in [5.41, 5.74) is 1.75. The number of carbonyl (C=O) groups excluding carboxylic acids is 1. The van der Waals surface area contributed by atoms with Gasteiger partial charge in [-0.15, -0.1) is 0 Å². The number of nitriles is 1. The van der Waals surface area contributed by atoms with Gasteiger partial charge in [0, 0.05) is 22.6 Å². The first-order valence-electron chi connectivity index (χ1n) is 7.60. The third-order valence-electron chi connectivity index (χ3n) is 3.47. The van der Waals surface area contributed by atoms with Crippen LogP contribution in [0, 0.1) is 11.3 Å². The zero-order chi connectivity index (χ0) is 18.2. The molecule has 0 atom stereocenters. The van der Waals surface area contributed by atoms with Gasteiger partial charge < -0.3 is 15.4 Å². The molecule has 5 nitrogen and oxygen atoms in total. The minimum atomic E-state index is -0.171. The summed E-state index contributed by atoms with van der Waals surface area (Å²) in [5, 5.41) is 15.7. The van der Waals surface area contributed by atoms with Crippen molar-refractivity contribution in [3.8, 4) is 11.8 Å². The maximum absolute atomic E-state index is 12.2. The van der Waals surface area contributed by atoms with Gasteiger partial charge in [0.15, 0.2) is 0 Å². The highest BCUT2D eigenvalue weighted by atomic mass is 79.9. The summed E-state index contributed by atoms with van der Waals surface area (Å²) >= 11 is 9.23. The topological polar surface area (TPSA) is 74.2 Å². The quantitative estimate of drug-likeness (QED) is 0.655. The molecule has 1 amide bonds. The molecule has 2 aromatic rings. The van der Waals surface area contributed by atoms with E-state index in [1.807, 2.05) is 0 Å². The Morgan fingerprint density at radius 1 is 1.28 bits per heavy atom. The number of hydrogen-bond acceptors (Lipinski definition) is 4. The number of halogens is 2. The summed E-state index contributed by atoms with van der Waals surface area (Å²) in [6.07, 6.45) is 0.709. The predicted octanol–water partition coefficient (Wildman–Crippen LogP) is 4.21. The Morgan fingerprint density at radius 3 is 2.80 bits per heavy atom. The third-order valence-corrected chi connectivity index (χ3v) is 4.40. The van der Waals surface area contributed by atoms with Crippen LogP contribution in [0.4, 0.5) is 5.69 Å². The van der Waals surface area contributed by atoms with E-state index in [0.717, 1.165) is 5.69 Å². The van der Waals surface area contributed by atoms with Gasteiger partial charge in [-0.05, 0) is 58.7 Å². The van der Waals surface area contributed by atoms with Crippen molar-refractivity contribution >= 4 is 39.1 Å². The Morgan fingerprint density at radius 2 is 2.08 bits per heavy atom. The van der Waals surface area contributed by atoms with E-state index in [-0.39, 0.29) is 5.91 Å². The van der Waals surface area contributed by atoms with Crippen LogP contribution in [0.15, 0.2) is 40.9 Å². The normalized spacial score (nSPS) is 10.0. The molecule has 0 aliphatic carbocycles. The van der Waals surface area contributed by atoms with E-state index < -0.39 is 0 Å². The Kier molecular flexibility index (Phi) is 7.11. The van der Waals surface area contributed by atoms with Gasteiger partial charge in [0.05, 0.1) is 23.9 Å². The van der Waals surface area contributed by atoms with Crippen molar-refractivity contribution in [2.24, 2.45) is 0 Å². The molecule has 2 rings (SSSR count). The van der Waals surface area contributed by atoms with Crippen LogP contribution in [-0.4, -0.2) is 26.1 Å². The summed E-state index contributed by atoms with van der Waals surface area (Å²) in [4.78, 5) is 12.2. The zero-order valence-electron chi connectivity index (χ0n) is 13.6. The second kappa shape index (κ2) is 9.30. The number of nitrogens with zero attached hydrogens (tertiary/aromatic N) is 1. The van der Waals surface area contributed by atoms with E-state index in [4.69, 9.17) is 21.6 Å². The lowest BCUT2D eigenvalue weighted by Gasteiger charge is -2.10. The molecule has 25 heavy (non-hydrogen) atoms. The lowest BCUT2D eigenvalue weighted by atomic mass is 10.2. The molecule has 0 heterocycles. The first-order valence-corrected chi connectivity index (χ1v) is 8.77. The van der Waals surface area contributed by atoms with Crippen LogP contribution < -0.4 is 15.4 Å². The summed E-state index contributed by atoms with van der Waals surface area (Å²) in [6, 6.07) is 12.5. The maximum Gasteiger partial charge on any atom is 0.252 e. The fourth-order valence-corrected chi connectivity index (χ4v) is 2.78.